The van der Waals surface area contributed by atoms with Gasteiger partial charge in [0, 0.05) is 12.3 Å². The second kappa shape index (κ2) is 7.91. The minimum absolute atomic E-state index is 0.0942. The van der Waals surface area contributed by atoms with E-state index in [1.807, 2.05) is 0 Å². The van der Waals surface area contributed by atoms with Crippen LogP contribution in [0.25, 0.3) is 0 Å². The summed E-state index contributed by atoms with van der Waals surface area (Å²) in [6.45, 7) is 11.7. The summed E-state index contributed by atoms with van der Waals surface area (Å²) in [5.74, 6) is 2.72. The molecule has 0 bridgehead atoms. The number of rotatable bonds is 5. The highest BCUT2D eigenvalue weighted by Crippen LogP contribution is 2.50. The molecule has 26 heavy (non-hydrogen) atoms. The third-order valence-electron chi connectivity index (χ3n) is 7.36. The molecule has 2 nitrogen and oxygen atoms in total. The van der Waals surface area contributed by atoms with E-state index in [1.165, 1.54) is 38.5 Å². The molecule has 0 aliphatic heterocycles. The van der Waals surface area contributed by atoms with Crippen LogP contribution in [0.15, 0.2) is 12.2 Å². The van der Waals surface area contributed by atoms with Gasteiger partial charge in [0.1, 0.15) is 5.78 Å². The van der Waals surface area contributed by atoms with Gasteiger partial charge in [0.2, 0.25) is 9.04 Å². The van der Waals surface area contributed by atoms with Crippen molar-refractivity contribution in [2.24, 2.45) is 29.1 Å². The predicted octanol–water partition coefficient (Wildman–Crippen LogP) is 6.18. The number of ketones is 1. The SMILES string of the molecule is C[Si](C)OC(/C=C/C1CCC2C(=O)CCC12)(C1CCCCC1)C(C)(C)C. The molecule has 0 aromatic heterocycles. The number of fused-ring (bicyclic) bond motifs is 1. The highest BCUT2D eigenvalue weighted by molar-refractivity contribution is 6.48. The number of allylic oxidation sites excluding steroid dienone is 1. The lowest BCUT2D eigenvalue weighted by molar-refractivity contribution is -0.120. The number of carbonyl (C=O) groups is 1. The molecule has 4 atom stereocenters. The van der Waals surface area contributed by atoms with Crippen molar-refractivity contribution in [2.45, 2.75) is 97.3 Å². The van der Waals surface area contributed by atoms with Crippen molar-refractivity contribution < 1.29 is 9.22 Å². The van der Waals surface area contributed by atoms with Crippen molar-refractivity contribution in [1.29, 1.82) is 0 Å². The third-order valence-corrected chi connectivity index (χ3v) is 8.11. The molecule has 3 heteroatoms. The van der Waals surface area contributed by atoms with E-state index in [4.69, 9.17) is 4.43 Å². The molecule has 0 saturated heterocycles. The van der Waals surface area contributed by atoms with Crippen LogP contribution in [0.2, 0.25) is 13.1 Å². The van der Waals surface area contributed by atoms with Gasteiger partial charge in [-0.2, -0.15) is 0 Å². The summed E-state index contributed by atoms with van der Waals surface area (Å²) in [7, 11) is -0.797. The first kappa shape index (κ1) is 20.3. The molecule has 3 aliphatic carbocycles. The zero-order chi connectivity index (χ0) is 18.9. The molecule has 3 fully saturated rings. The molecule has 0 amide bonds. The van der Waals surface area contributed by atoms with Crippen LogP contribution < -0.4 is 0 Å². The maximum atomic E-state index is 12.1. The lowest BCUT2D eigenvalue weighted by Crippen LogP contribution is -2.52. The maximum Gasteiger partial charge on any atom is 0.206 e. The Labute approximate surface area is 162 Å². The van der Waals surface area contributed by atoms with E-state index in [-0.39, 0.29) is 11.0 Å². The zero-order valence-electron chi connectivity index (χ0n) is 17.6. The number of hydrogen-bond acceptors (Lipinski definition) is 2. The van der Waals surface area contributed by atoms with Gasteiger partial charge in [0.05, 0.1) is 5.60 Å². The van der Waals surface area contributed by atoms with Gasteiger partial charge in [-0.3, -0.25) is 4.79 Å². The van der Waals surface area contributed by atoms with E-state index in [1.54, 1.807) is 0 Å². The van der Waals surface area contributed by atoms with Crippen LogP contribution in [0.5, 0.6) is 0 Å². The molecule has 0 spiro atoms. The Morgan fingerprint density at radius 1 is 1.00 bits per heavy atom. The Morgan fingerprint density at radius 3 is 2.31 bits per heavy atom. The van der Waals surface area contributed by atoms with Crippen LogP contribution in [-0.2, 0) is 9.22 Å². The van der Waals surface area contributed by atoms with Crippen molar-refractivity contribution in [3.05, 3.63) is 12.2 Å². The molecule has 0 N–H and O–H groups in total. The minimum atomic E-state index is -0.797. The van der Waals surface area contributed by atoms with Crippen molar-refractivity contribution in [3.8, 4) is 0 Å². The number of Topliss-reactive ketones (excluding diaryl/α,β-unsaturated/α-hetero) is 1. The molecule has 1 radical (unpaired) electrons. The second-order valence-corrected chi connectivity index (χ2v) is 12.3. The van der Waals surface area contributed by atoms with Gasteiger partial charge in [0.25, 0.3) is 0 Å². The van der Waals surface area contributed by atoms with E-state index in [0.29, 0.717) is 29.5 Å². The Hall–Kier alpha value is -0.413. The topological polar surface area (TPSA) is 26.3 Å². The van der Waals surface area contributed by atoms with Crippen molar-refractivity contribution in [1.82, 2.24) is 0 Å². The van der Waals surface area contributed by atoms with Gasteiger partial charge >= 0.3 is 0 Å². The fraction of sp³-hybridized carbons (Fsp3) is 0.870. The van der Waals surface area contributed by atoms with Crippen LogP contribution in [0.1, 0.15) is 78.6 Å². The van der Waals surface area contributed by atoms with E-state index >= 15 is 0 Å². The zero-order valence-corrected chi connectivity index (χ0v) is 18.6. The average molecular weight is 376 g/mol. The summed E-state index contributed by atoms with van der Waals surface area (Å²) in [6, 6.07) is 0. The van der Waals surface area contributed by atoms with E-state index in [9.17, 15) is 4.79 Å². The van der Waals surface area contributed by atoms with Gasteiger partial charge in [-0.1, -0.05) is 52.2 Å². The Kier molecular flexibility index (Phi) is 6.18. The first-order valence-corrected chi connectivity index (χ1v) is 13.4. The first-order chi connectivity index (χ1) is 12.2. The van der Waals surface area contributed by atoms with Gasteiger partial charge in [-0.15, -0.1) is 0 Å². The van der Waals surface area contributed by atoms with E-state index in [0.717, 1.165) is 19.3 Å². The van der Waals surface area contributed by atoms with Crippen molar-refractivity contribution >= 4 is 14.8 Å². The van der Waals surface area contributed by atoms with Crippen molar-refractivity contribution in [2.75, 3.05) is 0 Å². The van der Waals surface area contributed by atoms with Gasteiger partial charge < -0.3 is 4.43 Å². The lowest BCUT2D eigenvalue weighted by Gasteiger charge is -2.51. The normalized spacial score (nSPS) is 33.2. The van der Waals surface area contributed by atoms with Crippen molar-refractivity contribution in [3.63, 3.8) is 0 Å². The smallest absolute Gasteiger partial charge is 0.206 e. The molecule has 4 unspecified atom stereocenters. The summed E-state index contributed by atoms with van der Waals surface area (Å²) < 4.78 is 6.88. The highest BCUT2D eigenvalue weighted by Gasteiger charge is 2.49. The molecule has 0 heterocycles. The minimum Gasteiger partial charge on any atom is -0.407 e. The van der Waals surface area contributed by atoms with Crippen LogP contribution in [0.4, 0.5) is 0 Å². The van der Waals surface area contributed by atoms with E-state index in [2.05, 4.69) is 46.0 Å². The van der Waals surface area contributed by atoms with E-state index < -0.39 is 9.04 Å². The summed E-state index contributed by atoms with van der Waals surface area (Å²) in [5, 5.41) is 0. The van der Waals surface area contributed by atoms with Crippen LogP contribution >= 0.6 is 0 Å². The molecule has 3 saturated carbocycles. The predicted molar refractivity (Wildman–Crippen MR) is 110 cm³/mol. The van der Waals surface area contributed by atoms with Gasteiger partial charge in [-0.25, -0.2) is 0 Å². The van der Waals surface area contributed by atoms with Crippen LogP contribution in [-0.4, -0.2) is 20.4 Å². The average Bonchev–Trinajstić information content (AvgIpc) is 3.14. The molecule has 0 aromatic rings. The Morgan fingerprint density at radius 2 is 1.69 bits per heavy atom. The molecule has 147 valence electrons. The fourth-order valence-electron chi connectivity index (χ4n) is 6.05. The lowest BCUT2D eigenvalue weighted by atomic mass is 9.64. The van der Waals surface area contributed by atoms with Gasteiger partial charge in [0.15, 0.2) is 0 Å². The largest absolute Gasteiger partial charge is 0.407 e. The molecular formula is C23H39O2Si. The fourth-order valence-corrected chi connectivity index (χ4v) is 7.27. The summed E-state index contributed by atoms with van der Waals surface area (Å²) >= 11 is 0. The van der Waals surface area contributed by atoms with Crippen LogP contribution in [0, 0.1) is 29.1 Å². The monoisotopic (exact) mass is 375 g/mol. The molecule has 3 rings (SSSR count). The number of carbonyl (C=O) groups excluding carboxylic acids is 1. The molecule has 0 aromatic carbocycles. The standard InChI is InChI=1S/C23H39O2Si/c1-22(2,3)23(25-26(4)5,18-9-7-6-8-10-18)16-15-17-11-12-20-19(17)13-14-21(20)24/h15-20H,6-14H2,1-5H3/b16-15+. The quantitative estimate of drug-likeness (QED) is 0.423. The molecular weight excluding hydrogens is 336 g/mol. The Bertz CT molecular complexity index is 527. The number of hydrogen-bond donors (Lipinski definition) is 0. The van der Waals surface area contributed by atoms with Gasteiger partial charge in [-0.05, 0) is 68.4 Å². The first-order valence-electron chi connectivity index (χ1n) is 11.0. The maximum absolute atomic E-state index is 12.1. The second-order valence-electron chi connectivity index (χ2n) is 10.3. The summed E-state index contributed by atoms with van der Waals surface area (Å²) in [4.78, 5) is 12.1. The third kappa shape index (κ3) is 3.89. The molecule has 3 aliphatic rings. The van der Waals surface area contributed by atoms with Crippen LogP contribution in [0.3, 0.4) is 0 Å². The highest BCUT2D eigenvalue weighted by atomic mass is 28.3. The Balaban J connectivity index is 1.88. The summed E-state index contributed by atoms with van der Waals surface area (Å²) in [6.07, 6.45) is 15.9. The summed E-state index contributed by atoms with van der Waals surface area (Å²) in [5.41, 5.74) is -0.0527.